The van der Waals surface area contributed by atoms with Gasteiger partial charge in [0.2, 0.25) is 0 Å². The van der Waals surface area contributed by atoms with E-state index >= 15 is 0 Å². The van der Waals surface area contributed by atoms with Crippen molar-refractivity contribution < 1.29 is 14.6 Å². The van der Waals surface area contributed by atoms with Gasteiger partial charge in [0.1, 0.15) is 6.10 Å². The number of aliphatic hydroxyl groups excluding tert-OH is 1. The van der Waals surface area contributed by atoms with Gasteiger partial charge in [-0.2, -0.15) is 0 Å². The third-order valence-corrected chi connectivity index (χ3v) is 3.56. The Labute approximate surface area is 131 Å². The van der Waals surface area contributed by atoms with E-state index in [4.69, 9.17) is 21.1 Å². The van der Waals surface area contributed by atoms with Gasteiger partial charge in [-0.1, -0.05) is 29.7 Å². The van der Waals surface area contributed by atoms with E-state index in [1.165, 1.54) is 6.42 Å². The van der Waals surface area contributed by atoms with Gasteiger partial charge in [-0.15, -0.1) is 5.92 Å². The Hall–Kier alpha value is -1.05. The van der Waals surface area contributed by atoms with Crippen LogP contribution < -0.4 is 0 Å². The number of hydrogen-bond acceptors (Lipinski definition) is 3. The summed E-state index contributed by atoms with van der Waals surface area (Å²) in [6.45, 7) is 1.45. The number of ether oxygens (including phenoxy) is 2. The van der Waals surface area contributed by atoms with Crippen LogP contribution in [0.25, 0.3) is 0 Å². The average molecular weight is 309 g/mol. The van der Waals surface area contributed by atoms with Crippen molar-refractivity contribution in [2.45, 2.75) is 44.5 Å². The number of rotatable bonds is 5. The fraction of sp³-hybridized carbons (Fsp3) is 0.529. The number of halogens is 1. The largest absolute Gasteiger partial charge is 0.376 e. The maximum Gasteiger partial charge on any atom is 0.157 e. The van der Waals surface area contributed by atoms with E-state index < -0.39 is 6.10 Å². The van der Waals surface area contributed by atoms with Crippen molar-refractivity contribution in [2.75, 3.05) is 13.2 Å². The van der Waals surface area contributed by atoms with Crippen LogP contribution in [0.3, 0.4) is 0 Å². The molecule has 1 aromatic carbocycles. The molecule has 1 fully saturated rings. The molecular weight excluding hydrogens is 288 g/mol. The fourth-order valence-electron chi connectivity index (χ4n) is 2.12. The summed E-state index contributed by atoms with van der Waals surface area (Å²) in [5.41, 5.74) is 0.763. The molecule has 0 saturated carbocycles. The van der Waals surface area contributed by atoms with E-state index in [0.29, 0.717) is 18.1 Å². The minimum Gasteiger partial charge on any atom is -0.376 e. The van der Waals surface area contributed by atoms with Crippen LogP contribution in [-0.2, 0) is 9.47 Å². The zero-order valence-corrected chi connectivity index (χ0v) is 12.8. The SMILES string of the molecule is OC(C#CCCCOC1CCCCO1)c1ccc(Cl)cc1. The Morgan fingerprint density at radius 3 is 2.86 bits per heavy atom. The molecule has 1 N–H and O–H groups in total. The number of benzene rings is 1. The number of unbranched alkanes of at least 4 members (excludes halogenated alkanes) is 1. The highest BCUT2D eigenvalue weighted by atomic mass is 35.5. The first-order chi connectivity index (χ1) is 10.3. The van der Waals surface area contributed by atoms with E-state index in [1.807, 2.05) is 0 Å². The van der Waals surface area contributed by atoms with Crippen LogP contribution in [0.1, 0.15) is 43.8 Å². The molecule has 114 valence electrons. The minimum absolute atomic E-state index is 0.0358. The topological polar surface area (TPSA) is 38.7 Å². The summed E-state index contributed by atoms with van der Waals surface area (Å²) in [5, 5.41) is 10.6. The van der Waals surface area contributed by atoms with Gasteiger partial charge in [0.05, 0.1) is 6.61 Å². The van der Waals surface area contributed by atoms with Gasteiger partial charge in [0.15, 0.2) is 6.29 Å². The van der Waals surface area contributed by atoms with E-state index in [1.54, 1.807) is 24.3 Å². The van der Waals surface area contributed by atoms with Crippen molar-refractivity contribution in [1.82, 2.24) is 0 Å². The van der Waals surface area contributed by atoms with Crippen LogP contribution in [0.5, 0.6) is 0 Å². The molecular formula is C17H21ClO3. The maximum atomic E-state index is 9.90. The normalized spacial score (nSPS) is 19.6. The molecule has 0 spiro atoms. The van der Waals surface area contributed by atoms with Crippen molar-refractivity contribution in [3.8, 4) is 11.8 Å². The number of aliphatic hydroxyl groups is 1. The van der Waals surface area contributed by atoms with Crippen LogP contribution >= 0.6 is 11.6 Å². The van der Waals surface area contributed by atoms with E-state index in [-0.39, 0.29) is 6.29 Å². The zero-order valence-electron chi connectivity index (χ0n) is 12.1. The predicted molar refractivity (Wildman–Crippen MR) is 83.0 cm³/mol. The summed E-state index contributed by atoms with van der Waals surface area (Å²) in [5.74, 6) is 5.81. The summed E-state index contributed by atoms with van der Waals surface area (Å²) >= 11 is 5.80. The van der Waals surface area contributed by atoms with Gasteiger partial charge < -0.3 is 14.6 Å². The lowest BCUT2D eigenvalue weighted by Gasteiger charge is -2.22. The minimum atomic E-state index is -0.759. The Balaban J connectivity index is 1.63. The lowest BCUT2D eigenvalue weighted by molar-refractivity contribution is -0.162. The second-order valence-corrected chi connectivity index (χ2v) is 5.48. The van der Waals surface area contributed by atoms with Crippen LogP contribution in [0.15, 0.2) is 24.3 Å². The van der Waals surface area contributed by atoms with Crippen molar-refractivity contribution in [1.29, 1.82) is 0 Å². The van der Waals surface area contributed by atoms with Gasteiger partial charge in [-0.05, 0) is 43.4 Å². The molecule has 1 aliphatic heterocycles. The summed E-state index contributed by atoms with van der Waals surface area (Å²) in [4.78, 5) is 0. The Bertz CT molecular complexity index is 469. The second kappa shape index (κ2) is 9.07. The highest BCUT2D eigenvalue weighted by molar-refractivity contribution is 6.30. The van der Waals surface area contributed by atoms with E-state index in [9.17, 15) is 5.11 Å². The zero-order chi connectivity index (χ0) is 14.9. The summed E-state index contributed by atoms with van der Waals surface area (Å²) in [6.07, 6.45) is 4.06. The van der Waals surface area contributed by atoms with Gasteiger partial charge in [-0.25, -0.2) is 0 Å². The van der Waals surface area contributed by atoms with Gasteiger partial charge in [-0.3, -0.25) is 0 Å². The van der Waals surface area contributed by atoms with Gasteiger partial charge in [0.25, 0.3) is 0 Å². The standard InChI is InChI=1S/C17H21ClO3/c18-15-10-8-14(9-11-15)16(19)6-2-1-4-12-20-17-7-3-5-13-21-17/h8-11,16-17,19H,1,3-5,7,12-13H2. The van der Waals surface area contributed by atoms with E-state index in [0.717, 1.165) is 31.4 Å². The third-order valence-electron chi connectivity index (χ3n) is 3.31. The molecule has 1 aromatic rings. The molecule has 2 atom stereocenters. The van der Waals surface area contributed by atoms with Crippen molar-refractivity contribution in [2.24, 2.45) is 0 Å². The molecule has 0 aliphatic carbocycles. The third kappa shape index (κ3) is 6.07. The highest BCUT2D eigenvalue weighted by Gasteiger charge is 2.13. The molecule has 3 nitrogen and oxygen atoms in total. The second-order valence-electron chi connectivity index (χ2n) is 5.05. The molecule has 1 saturated heterocycles. The molecule has 0 bridgehead atoms. The molecule has 2 rings (SSSR count). The predicted octanol–water partition coefficient (Wildman–Crippen LogP) is 3.70. The first kappa shape index (κ1) is 16.3. The Kier molecular flexibility index (Phi) is 7.05. The molecule has 4 heteroatoms. The molecule has 0 radical (unpaired) electrons. The molecule has 1 heterocycles. The van der Waals surface area contributed by atoms with Crippen LogP contribution in [0.4, 0.5) is 0 Å². The summed E-state index contributed by atoms with van der Waals surface area (Å²) < 4.78 is 11.1. The summed E-state index contributed by atoms with van der Waals surface area (Å²) in [6, 6.07) is 7.07. The van der Waals surface area contributed by atoms with Crippen LogP contribution in [0, 0.1) is 11.8 Å². The monoisotopic (exact) mass is 308 g/mol. The highest BCUT2D eigenvalue weighted by Crippen LogP contribution is 2.16. The van der Waals surface area contributed by atoms with Crippen molar-refractivity contribution >= 4 is 11.6 Å². The van der Waals surface area contributed by atoms with Crippen molar-refractivity contribution in [3.63, 3.8) is 0 Å². The molecule has 1 aliphatic rings. The average Bonchev–Trinajstić information content (AvgIpc) is 2.52. The number of hydrogen-bond donors (Lipinski definition) is 1. The molecule has 21 heavy (non-hydrogen) atoms. The Morgan fingerprint density at radius 2 is 2.14 bits per heavy atom. The Morgan fingerprint density at radius 1 is 1.33 bits per heavy atom. The smallest absolute Gasteiger partial charge is 0.157 e. The quantitative estimate of drug-likeness (QED) is 0.666. The molecule has 0 aromatic heterocycles. The molecule has 0 amide bonds. The van der Waals surface area contributed by atoms with Crippen LogP contribution in [-0.4, -0.2) is 24.6 Å². The van der Waals surface area contributed by atoms with E-state index in [2.05, 4.69) is 11.8 Å². The maximum absolute atomic E-state index is 9.90. The first-order valence-corrected chi connectivity index (χ1v) is 7.78. The fourth-order valence-corrected chi connectivity index (χ4v) is 2.24. The molecule has 2 unspecified atom stereocenters. The van der Waals surface area contributed by atoms with Crippen molar-refractivity contribution in [3.05, 3.63) is 34.9 Å². The lowest BCUT2D eigenvalue weighted by atomic mass is 10.1. The van der Waals surface area contributed by atoms with Crippen LogP contribution in [0.2, 0.25) is 5.02 Å². The summed E-state index contributed by atoms with van der Waals surface area (Å²) in [7, 11) is 0. The van der Waals surface area contributed by atoms with Gasteiger partial charge >= 0.3 is 0 Å². The first-order valence-electron chi connectivity index (χ1n) is 7.41. The lowest BCUT2D eigenvalue weighted by Crippen LogP contribution is -2.22. The van der Waals surface area contributed by atoms with Gasteiger partial charge in [0, 0.05) is 18.1 Å².